The fourth-order valence-corrected chi connectivity index (χ4v) is 3.86. The van der Waals surface area contributed by atoms with E-state index in [0.29, 0.717) is 28.6 Å². The molecule has 0 radical (unpaired) electrons. The Balaban J connectivity index is 0.000000210. The molecule has 0 saturated heterocycles. The standard InChI is InChI=1S/C17H14ClN7.C9H4F6O/c1-19-13-7-10(4-5-12(13)18)25-16-11(3-2-6-20-16)14-15-17(23-8-21-14)24-9-22-15;10-8(11,12)6-1-5(4-16)2-7(3-6)9(13,14)15/h2-9,19H,1H3,(H,20,25)(H,21,22,23,24);1-4H. The number of nitrogens with zero attached hydrogens (tertiary/aromatic N) is 4. The maximum atomic E-state index is 12.2. The molecule has 3 heterocycles. The Bertz CT molecular complexity index is 1660. The summed E-state index contributed by atoms with van der Waals surface area (Å²) in [6.45, 7) is 0. The third-order valence-electron chi connectivity index (χ3n) is 5.53. The number of pyridine rings is 1. The van der Waals surface area contributed by atoms with E-state index in [1.807, 2.05) is 37.4 Å². The molecule has 0 spiro atoms. The van der Waals surface area contributed by atoms with Crippen LogP contribution in [0.4, 0.5) is 43.5 Å². The summed E-state index contributed by atoms with van der Waals surface area (Å²) in [5.74, 6) is 0.682. The normalized spacial score (nSPS) is 11.5. The van der Waals surface area contributed by atoms with Crippen LogP contribution in [0.5, 0.6) is 0 Å². The van der Waals surface area contributed by atoms with Crippen LogP contribution in [0.1, 0.15) is 21.5 Å². The van der Waals surface area contributed by atoms with Crippen molar-refractivity contribution in [2.45, 2.75) is 12.4 Å². The van der Waals surface area contributed by atoms with E-state index in [1.165, 1.54) is 6.33 Å². The van der Waals surface area contributed by atoms with E-state index in [2.05, 4.69) is 35.6 Å². The zero-order valence-corrected chi connectivity index (χ0v) is 21.5. The van der Waals surface area contributed by atoms with Gasteiger partial charge in [-0.3, -0.25) is 4.79 Å². The van der Waals surface area contributed by atoms with Crippen molar-refractivity contribution in [3.63, 3.8) is 0 Å². The summed E-state index contributed by atoms with van der Waals surface area (Å²) in [6, 6.07) is 10.2. The second-order valence-electron chi connectivity index (χ2n) is 8.25. The molecular weight excluding hydrogens is 576 g/mol. The minimum absolute atomic E-state index is 0.0347. The van der Waals surface area contributed by atoms with E-state index in [-0.39, 0.29) is 12.4 Å². The van der Waals surface area contributed by atoms with Gasteiger partial charge in [-0.15, -0.1) is 0 Å². The predicted molar refractivity (Wildman–Crippen MR) is 141 cm³/mol. The van der Waals surface area contributed by atoms with Crippen LogP contribution >= 0.6 is 11.6 Å². The van der Waals surface area contributed by atoms with Crippen LogP contribution in [-0.4, -0.2) is 38.3 Å². The number of H-pyrrole nitrogens is 1. The molecule has 5 rings (SSSR count). The highest BCUT2D eigenvalue weighted by molar-refractivity contribution is 6.33. The summed E-state index contributed by atoms with van der Waals surface area (Å²) >= 11 is 6.15. The molecule has 0 atom stereocenters. The van der Waals surface area contributed by atoms with E-state index in [9.17, 15) is 31.1 Å². The number of halogens is 7. The second kappa shape index (κ2) is 11.8. The molecule has 5 aromatic rings. The Morgan fingerprint density at radius 3 is 2.24 bits per heavy atom. The van der Waals surface area contributed by atoms with Gasteiger partial charge >= 0.3 is 12.4 Å². The van der Waals surface area contributed by atoms with Gasteiger partial charge in [0.2, 0.25) is 0 Å². The monoisotopic (exact) mass is 593 g/mol. The number of hydrogen-bond acceptors (Lipinski definition) is 7. The van der Waals surface area contributed by atoms with Gasteiger partial charge in [-0.25, -0.2) is 19.9 Å². The maximum absolute atomic E-state index is 12.2. The van der Waals surface area contributed by atoms with Crippen molar-refractivity contribution in [1.82, 2.24) is 24.9 Å². The Labute approximate surface area is 232 Å². The highest BCUT2D eigenvalue weighted by Gasteiger charge is 2.36. The van der Waals surface area contributed by atoms with Gasteiger partial charge in [0.15, 0.2) is 5.65 Å². The zero-order chi connectivity index (χ0) is 29.8. The number of rotatable bonds is 5. The minimum Gasteiger partial charge on any atom is -0.387 e. The van der Waals surface area contributed by atoms with Gasteiger partial charge in [0, 0.05) is 30.1 Å². The molecule has 41 heavy (non-hydrogen) atoms. The first-order valence-electron chi connectivity index (χ1n) is 11.5. The van der Waals surface area contributed by atoms with Crippen molar-refractivity contribution in [2.24, 2.45) is 0 Å². The summed E-state index contributed by atoms with van der Waals surface area (Å²) in [5, 5.41) is 7.04. The molecular formula is C26H18ClF6N7O. The maximum Gasteiger partial charge on any atom is 0.416 e. The Kier molecular flexibility index (Phi) is 8.42. The molecule has 8 nitrogen and oxygen atoms in total. The van der Waals surface area contributed by atoms with Crippen LogP contribution < -0.4 is 10.6 Å². The number of fused-ring (bicyclic) bond motifs is 1. The fraction of sp³-hybridized carbons (Fsp3) is 0.115. The number of alkyl halides is 6. The quantitative estimate of drug-likeness (QED) is 0.144. The first kappa shape index (κ1) is 29.3. The highest BCUT2D eigenvalue weighted by atomic mass is 35.5. The van der Waals surface area contributed by atoms with Crippen LogP contribution in [0, 0.1) is 0 Å². The van der Waals surface area contributed by atoms with Crippen LogP contribution in [0.25, 0.3) is 22.4 Å². The smallest absolute Gasteiger partial charge is 0.387 e. The lowest BCUT2D eigenvalue weighted by atomic mass is 10.1. The molecule has 0 unspecified atom stereocenters. The zero-order valence-electron chi connectivity index (χ0n) is 20.8. The van der Waals surface area contributed by atoms with Gasteiger partial charge in [-0.05, 0) is 48.5 Å². The van der Waals surface area contributed by atoms with Gasteiger partial charge in [-0.1, -0.05) is 11.6 Å². The summed E-state index contributed by atoms with van der Waals surface area (Å²) < 4.78 is 73.1. The van der Waals surface area contributed by atoms with Gasteiger partial charge in [0.25, 0.3) is 0 Å². The number of carbonyl (C=O) groups is 1. The van der Waals surface area contributed by atoms with E-state index in [1.54, 1.807) is 12.5 Å². The molecule has 15 heteroatoms. The molecule has 0 aliphatic carbocycles. The molecule has 3 aromatic heterocycles. The van der Waals surface area contributed by atoms with E-state index in [0.717, 1.165) is 28.1 Å². The van der Waals surface area contributed by atoms with E-state index >= 15 is 0 Å². The first-order chi connectivity index (χ1) is 19.4. The molecule has 3 N–H and O–H groups in total. The van der Waals surface area contributed by atoms with Crippen LogP contribution in [0.3, 0.4) is 0 Å². The number of imidazole rings is 1. The summed E-state index contributed by atoms with van der Waals surface area (Å²) in [6.07, 6.45) is -5.07. The largest absolute Gasteiger partial charge is 0.416 e. The lowest BCUT2D eigenvalue weighted by Crippen LogP contribution is -2.11. The molecule has 0 aliphatic rings. The number of hydrogen-bond donors (Lipinski definition) is 3. The Morgan fingerprint density at radius 2 is 1.61 bits per heavy atom. The molecule has 0 aliphatic heterocycles. The van der Waals surface area contributed by atoms with Crippen molar-refractivity contribution in [3.8, 4) is 11.3 Å². The van der Waals surface area contributed by atoms with Crippen molar-refractivity contribution in [3.05, 3.63) is 89.1 Å². The summed E-state index contributed by atoms with van der Waals surface area (Å²) in [5.41, 5.74) is 1.01. The van der Waals surface area contributed by atoms with Crippen LogP contribution in [-0.2, 0) is 12.4 Å². The van der Waals surface area contributed by atoms with Gasteiger partial charge in [0.05, 0.1) is 28.2 Å². The first-order valence-corrected chi connectivity index (χ1v) is 11.9. The molecule has 0 fully saturated rings. The topological polar surface area (TPSA) is 108 Å². The molecule has 212 valence electrons. The second-order valence-corrected chi connectivity index (χ2v) is 8.66. The minimum atomic E-state index is -4.92. The lowest BCUT2D eigenvalue weighted by molar-refractivity contribution is -0.143. The van der Waals surface area contributed by atoms with Gasteiger partial charge < -0.3 is 15.6 Å². The summed E-state index contributed by atoms with van der Waals surface area (Å²) in [4.78, 5) is 30.5. The van der Waals surface area contributed by atoms with Gasteiger partial charge in [-0.2, -0.15) is 26.3 Å². The average Bonchev–Trinajstić information content (AvgIpc) is 3.43. The number of carbonyl (C=O) groups excluding carboxylic acids is 1. The van der Waals surface area contributed by atoms with Gasteiger partial charge in [0.1, 0.15) is 29.6 Å². The lowest BCUT2D eigenvalue weighted by Gasteiger charge is -2.12. The molecule has 0 saturated carbocycles. The SMILES string of the molecule is CNc1cc(Nc2ncccc2-c2ncnc3nc[nH]c23)ccc1Cl.O=Cc1cc(C(F)(F)F)cc(C(F)(F)F)c1. The van der Waals surface area contributed by atoms with Crippen molar-refractivity contribution < 1.29 is 31.1 Å². The summed E-state index contributed by atoms with van der Waals surface area (Å²) in [7, 11) is 1.83. The van der Waals surface area contributed by atoms with E-state index < -0.39 is 29.0 Å². The number of benzene rings is 2. The van der Waals surface area contributed by atoms with Crippen LogP contribution in [0.15, 0.2) is 67.4 Å². The van der Waals surface area contributed by atoms with Crippen LogP contribution in [0.2, 0.25) is 5.02 Å². The van der Waals surface area contributed by atoms with Crippen molar-refractivity contribution >= 4 is 46.2 Å². The fourth-order valence-electron chi connectivity index (χ4n) is 3.64. The number of aldehydes is 1. The number of aromatic nitrogens is 5. The number of nitrogens with one attached hydrogen (secondary N) is 3. The third-order valence-corrected chi connectivity index (χ3v) is 5.86. The molecule has 0 amide bonds. The van der Waals surface area contributed by atoms with Crippen molar-refractivity contribution in [2.75, 3.05) is 17.7 Å². The molecule has 0 bridgehead atoms. The van der Waals surface area contributed by atoms with Crippen molar-refractivity contribution in [1.29, 1.82) is 0 Å². The Morgan fingerprint density at radius 1 is 0.902 bits per heavy atom. The third kappa shape index (κ3) is 6.90. The average molecular weight is 594 g/mol. The van der Waals surface area contributed by atoms with E-state index in [4.69, 9.17) is 11.6 Å². The highest BCUT2D eigenvalue weighted by Crippen LogP contribution is 2.36. The number of aromatic amines is 1. The Hall–Kier alpha value is -4.72. The molecule has 2 aromatic carbocycles. The predicted octanol–water partition coefficient (Wildman–Crippen LogP) is 7.39. The number of anilines is 3.